The fraction of sp³-hybridized carbons (Fsp3) is 0.207. The number of carbonyl (C=O) groups excluding carboxylic acids is 2. The molecule has 7 nitrogen and oxygen atoms in total. The summed E-state index contributed by atoms with van der Waals surface area (Å²) in [5, 5.41) is 3.30. The van der Waals surface area contributed by atoms with Gasteiger partial charge < -0.3 is 9.64 Å². The number of carbonyl (C=O) groups is 2. The molecule has 3 aromatic carbocycles. The topological polar surface area (TPSA) is 76.5 Å². The first-order valence-electron chi connectivity index (χ1n) is 12.1. The molecule has 0 saturated heterocycles. The highest BCUT2D eigenvalue weighted by molar-refractivity contribution is 6.33. The second-order valence-corrected chi connectivity index (χ2v) is 9.48. The summed E-state index contributed by atoms with van der Waals surface area (Å²) in [7, 11) is 1.62. The van der Waals surface area contributed by atoms with Crippen molar-refractivity contribution in [2.24, 2.45) is 0 Å². The minimum Gasteiger partial charge on any atom is -0.497 e. The average Bonchev–Trinajstić information content (AvgIpc) is 3.67. The first kappa shape index (κ1) is 24.6. The second-order valence-electron chi connectivity index (χ2n) is 9.08. The summed E-state index contributed by atoms with van der Waals surface area (Å²) in [4.78, 5) is 32.8. The van der Waals surface area contributed by atoms with Gasteiger partial charge in [0.1, 0.15) is 12.3 Å². The first-order valence-corrected chi connectivity index (χ1v) is 12.5. The Balaban J connectivity index is 1.42. The molecule has 0 unspecified atom stereocenters. The van der Waals surface area contributed by atoms with Crippen LogP contribution >= 0.6 is 11.6 Å². The van der Waals surface area contributed by atoms with E-state index in [0.717, 1.165) is 35.4 Å². The number of nitrogens with one attached hydrogen (secondary N) is 1. The van der Waals surface area contributed by atoms with Gasteiger partial charge in [0.25, 0.3) is 5.91 Å². The van der Waals surface area contributed by atoms with Gasteiger partial charge >= 0.3 is 0 Å². The summed E-state index contributed by atoms with van der Waals surface area (Å²) < 4.78 is 7.11. The van der Waals surface area contributed by atoms with Crippen molar-refractivity contribution in [1.82, 2.24) is 14.5 Å². The van der Waals surface area contributed by atoms with Crippen LogP contribution in [0.4, 0.5) is 5.95 Å². The number of nitrogens with zero attached hydrogens (tertiary/aromatic N) is 3. The number of benzene rings is 3. The van der Waals surface area contributed by atoms with Gasteiger partial charge in [0.15, 0.2) is 0 Å². The largest absolute Gasteiger partial charge is 0.497 e. The lowest BCUT2D eigenvalue weighted by atomic mass is 10.1. The highest BCUT2D eigenvalue weighted by Gasteiger charge is 2.35. The summed E-state index contributed by atoms with van der Waals surface area (Å²) in [5.41, 5.74) is 3.97. The van der Waals surface area contributed by atoms with Gasteiger partial charge in [-0.2, -0.15) is 0 Å². The van der Waals surface area contributed by atoms with E-state index in [0.29, 0.717) is 22.2 Å². The Kier molecular flexibility index (Phi) is 6.97. The van der Waals surface area contributed by atoms with Crippen LogP contribution in [-0.2, 0) is 4.79 Å². The SMILES string of the molecule is COc1ccc(-c2cn(-c3ccc(C)cc3)c(NC(=O)CN(C(=O)c3ccccc3Cl)C3CC3)n2)cc1. The van der Waals surface area contributed by atoms with Gasteiger partial charge in [-0.25, -0.2) is 4.98 Å². The number of aryl methyl sites for hydroxylation is 1. The molecule has 1 aromatic heterocycles. The maximum absolute atomic E-state index is 13.2. The van der Waals surface area contributed by atoms with Gasteiger partial charge in [0.05, 0.1) is 23.4 Å². The Morgan fingerprint density at radius 3 is 2.41 bits per heavy atom. The predicted octanol–water partition coefficient (Wildman–Crippen LogP) is 5.75. The number of aromatic nitrogens is 2. The van der Waals surface area contributed by atoms with E-state index in [-0.39, 0.29) is 24.4 Å². The van der Waals surface area contributed by atoms with Gasteiger partial charge in [-0.05, 0) is 68.3 Å². The Morgan fingerprint density at radius 1 is 1.05 bits per heavy atom. The summed E-state index contributed by atoms with van der Waals surface area (Å²) in [6.07, 6.45) is 3.61. The number of hydrogen-bond donors (Lipinski definition) is 1. The summed E-state index contributed by atoms with van der Waals surface area (Å²) in [5.74, 6) is 0.552. The molecule has 188 valence electrons. The molecular weight excluding hydrogens is 488 g/mol. The summed E-state index contributed by atoms with van der Waals surface area (Å²) in [6, 6.07) is 22.5. The summed E-state index contributed by atoms with van der Waals surface area (Å²) in [6.45, 7) is 1.93. The quantitative estimate of drug-likeness (QED) is 0.324. The maximum atomic E-state index is 13.2. The molecular formula is C29H27ClN4O3. The monoisotopic (exact) mass is 514 g/mol. The third-order valence-electron chi connectivity index (χ3n) is 6.32. The van der Waals surface area contributed by atoms with Crippen LogP contribution in [0.3, 0.4) is 0 Å². The van der Waals surface area contributed by atoms with E-state index in [1.54, 1.807) is 36.3 Å². The number of methoxy groups -OCH3 is 1. The van der Waals surface area contributed by atoms with Crippen LogP contribution in [0.2, 0.25) is 5.02 Å². The molecule has 37 heavy (non-hydrogen) atoms. The van der Waals surface area contributed by atoms with Crippen LogP contribution in [0.5, 0.6) is 5.75 Å². The number of hydrogen-bond acceptors (Lipinski definition) is 4. The smallest absolute Gasteiger partial charge is 0.256 e. The van der Waals surface area contributed by atoms with Crippen LogP contribution in [0.25, 0.3) is 16.9 Å². The lowest BCUT2D eigenvalue weighted by molar-refractivity contribution is -0.117. The van der Waals surface area contributed by atoms with Gasteiger partial charge in [0, 0.05) is 23.5 Å². The fourth-order valence-corrected chi connectivity index (χ4v) is 4.35. The molecule has 1 N–H and O–H groups in total. The fourth-order valence-electron chi connectivity index (χ4n) is 4.13. The van der Waals surface area contributed by atoms with Crippen molar-refractivity contribution < 1.29 is 14.3 Å². The number of ether oxygens (including phenoxy) is 1. The zero-order chi connectivity index (χ0) is 25.9. The van der Waals surface area contributed by atoms with Crippen molar-refractivity contribution in [3.63, 3.8) is 0 Å². The molecule has 5 rings (SSSR count). The van der Waals surface area contributed by atoms with E-state index in [1.165, 1.54) is 0 Å². The van der Waals surface area contributed by atoms with Crippen molar-refractivity contribution in [1.29, 1.82) is 0 Å². The van der Waals surface area contributed by atoms with Crippen molar-refractivity contribution in [3.05, 3.63) is 95.1 Å². The molecule has 2 amide bonds. The lowest BCUT2D eigenvalue weighted by Gasteiger charge is -2.22. The maximum Gasteiger partial charge on any atom is 0.256 e. The predicted molar refractivity (Wildman–Crippen MR) is 144 cm³/mol. The zero-order valence-electron chi connectivity index (χ0n) is 20.6. The third kappa shape index (κ3) is 5.52. The Labute approximate surface area is 220 Å². The molecule has 0 aliphatic heterocycles. The molecule has 0 atom stereocenters. The number of rotatable bonds is 8. The van der Waals surface area contributed by atoms with Crippen LogP contribution in [0.1, 0.15) is 28.8 Å². The van der Waals surface area contributed by atoms with Crippen LogP contribution < -0.4 is 10.1 Å². The molecule has 4 aromatic rings. The number of amides is 2. The number of anilines is 1. The molecule has 0 bridgehead atoms. The van der Waals surface area contributed by atoms with Crippen LogP contribution in [-0.4, -0.2) is 46.0 Å². The zero-order valence-corrected chi connectivity index (χ0v) is 21.4. The Bertz CT molecular complexity index is 1430. The van der Waals surface area contributed by atoms with Crippen molar-refractivity contribution >= 4 is 29.4 Å². The third-order valence-corrected chi connectivity index (χ3v) is 6.65. The van der Waals surface area contributed by atoms with Crippen LogP contribution in [0.15, 0.2) is 79.0 Å². The average molecular weight is 515 g/mol. The number of imidazole rings is 1. The minimum atomic E-state index is -0.326. The van der Waals surface area contributed by atoms with Crippen molar-refractivity contribution in [3.8, 4) is 22.7 Å². The highest BCUT2D eigenvalue weighted by atomic mass is 35.5. The van der Waals surface area contributed by atoms with E-state index in [4.69, 9.17) is 21.3 Å². The molecule has 0 spiro atoms. The normalized spacial score (nSPS) is 12.7. The standard InChI is InChI=1S/C29H27ClN4O3/c1-19-7-11-22(12-8-19)34-17-26(20-9-15-23(37-2)16-10-20)31-29(34)32-27(35)18-33(21-13-14-21)28(36)24-5-3-4-6-25(24)30/h3-12,15-17,21H,13-14,18H2,1-2H3,(H,31,32,35). The Hall–Kier alpha value is -4.10. The van der Waals surface area contributed by atoms with Gasteiger partial charge in [0.2, 0.25) is 11.9 Å². The van der Waals surface area contributed by atoms with E-state index >= 15 is 0 Å². The molecule has 1 aliphatic carbocycles. The molecule has 0 radical (unpaired) electrons. The van der Waals surface area contributed by atoms with Gasteiger partial charge in [-0.1, -0.05) is 41.4 Å². The lowest BCUT2D eigenvalue weighted by Crippen LogP contribution is -2.40. The molecule has 1 fully saturated rings. The van der Waals surface area contributed by atoms with E-state index < -0.39 is 0 Å². The van der Waals surface area contributed by atoms with Gasteiger partial charge in [-0.3, -0.25) is 19.5 Å². The summed E-state index contributed by atoms with van der Waals surface area (Å²) >= 11 is 6.27. The highest BCUT2D eigenvalue weighted by Crippen LogP contribution is 2.30. The van der Waals surface area contributed by atoms with Crippen molar-refractivity contribution in [2.75, 3.05) is 19.0 Å². The molecule has 1 heterocycles. The van der Waals surface area contributed by atoms with Gasteiger partial charge in [-0.15, -0.1) is 0 Å². The second kappa shape index (κ2) is 10.5. The molecule has 1 aliphatic rings. The first-order chi connectivity index (χ1) is 17.9. The Morgan fingerprint density at radius 2 is 1.76 bits per heavy atom. The number of halogens is 1. The van der Waals surface area contributed by atoms with E-state index in [2.05, 4.69) is 5.32 Å². The van der Waals surface area contributed by atoms with Crippen LogP contribution in [0, 0.1) is 6.92 Å². The molecule has 8 heteroatoms. The van der Waals surface area contributed by atoms with E-state index in [9.17, 15) is 9.59 Å². The molecule has 1 saturated carbocycles. The van der Waals surface area contributed by atoms with Crippen molar-refractivity contribution in [2.45, 2.75) is 25.8 Å². The van der Waals surface area contributed by atoms with E-state index in [1.807, 2.05) is 66.2 Å². The minimum absolute atomic E-state index is 0.0289.